The number of carbonyl (C=O) groups excluding carboxylic acids is 1. The number of halogens is 2. The lowest BCUT2D eigenvalue weighted by Crippen LogP contribution is -2.25. The molecular formula is C12H11BrINO. The molecular weight excluding hydrogens is 381 g/mol. The smallest absolute Gasteiger partial charge is 0.252 e. The van der Waals surface area contributed by atoms with Crippen molar-refractivity contribution in [1.82, 2.24) is 5.32 Å². The Bertz CT molecular complexity index is 426. The van der Waals surface area contributed by atoms with Crippen molar-refractivity contribution in [1.29, 1.82) is 0 Å². The molecule has 0 radical (unpaired) electrons. The van der Waals surface area contributed by atoms with Crippen LogP contribution in [0.2, 0.25) is 0 Å². The van der Waals surface area contributed by atoms with Gasteiger partial charge in [0.15, 0.2) is 0 Å². The third-order valence-electron chi connectivity index (χ3n) is 1.96. The molecule has 1 amide bonds. The van der Waals surface area contributed by atoms with Crippen molar-refractivity contribution in [2.24, 2.45) is 0 Å². The number of hydrogen-bond acceptors (Lipinski definition) is 1. The second kappa shape index (κ2) is 6.92. The highest BCUT2D eigenvalue weighted by molar-refractivity contribution is 14.1. The van der Waals surface area contributed by atoms with E-state index in [9.17, 15) is 4.79 Å². The van der Waals surface area contributed by atoms with Crippen molar-refractivity contribution >= 4 is 44.4 Å². The van der Waals surface area contributed by atoms with Crippen LogP contribution in [-0.4, -0.2) is 12.5 Å². The van der Waals surface area contributed by atoms with E-state index < -0.39 is 0 Å². The molecule has 1 aromatic carbocycles. The zero-order valence-corrected chi connectivity index (χ0v) is 12.3. The highest BCUT2D eigenvalue weighted by atomic mass is 127. The van der Waals surface area contributed by atoms with Crippen LogP contribution in [0.4, 0.5) is 0 Å². The summed E-state index contributed by atoms with van der Waals surface area (Å²) in [5.41, 5.74) is 0.690. The van der Waals surface area contributed by atoms with Crippen molar-refractivity contribution in [2.75, 3.05) is 6.54 Å². The Morgan fingerprint density at radius 1 is 1.56 bits per heavy atom. The van der Waals surface area contributed by atoms with E-state index in [1.807, 2.05) is 18.2 Å². The van der Waals surface area contributed by atoms with Gasteiger partial charge in [0.2, 0.25) is 0 Å². The van der Waals surface area contributed by atoms with Crippen LogP contribution in [0.3, 0.4) is 0 Å². The quantitative estimate of drug-likeness (QED) is 0.476. The van der Waals surface area contributed by atoms with E-state index in [2.05, 4.69) is 49.8 Å². The van der Waals surface area contributed by atoms with Crippen LogP contribution in [0.1, 0.15) is 23.2 Å². The minimum atomic E-state index is -0.0530. The van der Waals surface area contributed by atoms with E-state index >= 15 is 0 Å². The number of hydrogen-bond donors (Lipinski definition) is 1. The molecule has 0 unspecified atom stereocenters. The molecule has 1 N–H and O–H groups in total. The summed E-state index contributed by atoms with van der Waals surface area (Å²) in [7, 11) is 0. The lowest BCUT2D eigenvalue weighted by Gasteiger charge is -2.06. The SMILES string of the molecule is C#CCCCNC(=O)c1cc(Br)ccc1I. The van der Waals surface area contributed by atoms with Crippen molar-refractivity contribution in [3.8, 4) is 12.3 Å². The Labute approximate surface area is 117 Å². The molecule has 0 spiro atoms. The molecule has 0 aliphatic carbocycles. The largest absolute Gasteiger partial charge is 0.352 e. The summed E-state index contributed by atoms with van der Waals surface area (Å²) in [6.45, 7) is 0.617. The lowest BCUT2D eigenvalue weighted by molar-refractivity contribution is 0.0952. The Balaban J connectivity index is 2.59. The van der Waals surface area contributed by atoms with Crippen LogP contribution in [-0.2, 0) is 0 Å². The number of terminal acetylenes is 1. The maximum atomic E-state index is 11.8. The van der Waals surface area contributed by atoms with Crippen molar-refractivity contribution < 1.29 is 4.79 Å². The summed E-state index contributed by atoms with van der Waals surface area (Å²) >= 11 is 5.49. The number of amides is 1. The van der Waals surface area contributed by atoms with Crippen LogP contribution in [0, 0.1) is 15.9 Å². The van der Waals surface area contributed by atoms with Gasteiger partial charge in [0.25, 0.3) is 5.91 Å². The van der Waals surface area contributed by atoms with Crippen LogP contribution < -0.4 is 5.32 Å². The molecule has 16 heavy (non-hydrogen) atoms. The van der Waals surface area contributed by atoms with E-state index in [0.717, 1.165) is 14.5 Å². The highest BCUT2D eigenvalue weighted by Crippen LogP contribution is 2.18. The van der Waals surface area contributed by atoms with Gasteiger partial charge in [-0.25, -0.2) is 0 Å². The third kappa shape index (κ3) is 4.14. The number of rotatable bonds is 4. The molecule has 0 saturated heterocycles. The van der Waals surface area contributed by atoms with E-state index in [4.69, 9.17) is 6.42 Å². The minimum absolute atomic E-state index is 0.0530. The Morgan fingerprint density at radius 3 is 3.00 bits per heavy atom. The van der Waals surface area contributed by atoms with Gasteiger partial charge in [-0.2, -0.15) is 0 Å². The van der Waals surface area contributed by atoms with Crippen LogP contribution in [0.5, 0.6) is 0 Å². The monoisotopic (exact) mass is 391 g/mol. The number of benzene rings is 1. The van der Waals surface area contributed by atoms with Crippen LogP contribution in [0.15, 0.2) is 22.7 Å². The summed E-state index contributed by atoms with van der Waals surface area (Å²) in [5.74, 6) is 2.49. The molecule has 4 heteroatoms. The predicted molar refractivity (Wildman–Crippen MR) is 77.3 cm³/mol. The zero-order chi connectivity index (χ0) is 12.0. The fourth-order valence-corrected chi connectivity index (χ4v) is 2.10. The summed E-state index contributed by atoms with van der Waals surface area (Å²) < 4.78 is 1.84. The molecule has 0 saturated carbocycles. The standard InChI is InChI=1S/C12H11BrINO/c1-2-3-4-7-15-12(16)10-8-9(13)5-6-11(10)14/h1,5-6,8H,3-4,7H2,(H,15,16). The third-order valence-corrected chi connectivity index (χ3v) is 3.39. The fraction of sp³-hybridized carbons (Fsp3) is 0.250. The Morgan fingerprint density at radius 2 is 2.31 bits per heavy atom. The van der Waals surface area contributed by atoms with Gasteiger partial charge in [-0.05, 0) is 47.2 Å². The first-order valence-corrected chi connectivity index (χ1v) is 6.69. The first kappa shape index (κ1) is 13.5. The van der Waals surface area contributed by atoms with Gasteiger partial charge in [0, 0.05) is 21.0 Å². The molecule has 0 heterocycles. The normalized spacial score (nSPS) is 9.56. The molecule has 0 bridgehead atoms. The van der Waals surface area contributed by atoms with E-state index in [0.29, 0.717) is 18.5 Å². The van der Waals surface area contributed by atoms with E-state index in [1.165, 1.54) is 0 Å². The molecule has 84 valence electrons. The van der Waals surface area contributed by atoms with Gasteiger partial charge in [-0.3, -0.25) is 4.79 Å². The average molecular weight is 392 g/mol. The molecule has 0 aromatic heterocycles. The lowest BCUT2D eigenvalue weighted by atomic mass is 10.2. The minimum Gasteiger partial charge on any atom is -0.352 e. The van der Waals surface area contributed by atoms with Gasteiger partial charge in [0.1, 0.15) is 0 Å². The topological polar surface area (TPSA) is 29.1 Å². The molecule has 0 aliphatic rings. The molecule has 0 aliphatic heterocycles. The van der Waals surface area contributed by atoms with Crippen molar-refractivity contribution in [3.63, 3.8) is 0 Å². The summed E-state index contributed by atoms with van der Waals surface area (Å²) in [4.78, 5) is 11.8. The predicted octanol–water partition coefficient (Wildman–Crippen LogP) is 3.20. The second-order valence-corrected chi connectivity index (χ2v) is 5.27. The van der Waals surface area contributed by atoms with Gasteiger partial charge in [-0.1, -0.05) is 15.9 Å². The second-order valence-electron chi connectivity index (χ2n) is 3.19. The van der Waals surface area contributed by atoms with Crippen molar-refractivity contribution in [2.45, 2.75) is 12.8 Å². The fourth-order valence-electron chi connectivity index (χ4n) is 1.16. The van der Waals surface area contributed by atoms with Gasteiger partial charge < -0.3 is 5.32 Å². The number of nitrogens with one attached hydrogen (secondary N) is 1. The molecule has 2 nitrogen and oxygen atoms in total. The first-order valence-electron chi connectivity index (χ1n) is 4.82. The zero-order valence-electron chi connectivity index (χ0n) is 8.59. The van der Waals surface area contributed by atoms with Gasteiger partial charge >= 0.3 is 0 Å². The molecule has 1 aromatic rings. The van der Waals surface area contributed by atoms with Crippen LogP contribution in [0.25, 0.3) is 0 Å². The summed E-state index contributed by atoms with van der Waals surface area (Å²) in [6, 6.07) is 5.64. The number of carbonyl (C=O) groups is 1. The Kier molecular flexibility index (Phi) is 5.85. The molecule has 0 fully saturated rings. The molecule has 1 rings (SSSR count). The average Bonchev–Trinajstić information content (AvgIpc) is 2.27. The van der Waals surface area contributed by atoms with Gasteiger partial charge in [-0.15, -0.1) is 12.3 Å². The summed E-state index contributed by atoms with van der Waals surface area (Å²) in [6.07, 6.45) is 6.63. The number of unbranched alkanes of at least 4 members (excludes halogenated alkanes) is 1. The van der Waals surface area contributed by atoms with Gasteiger partial charge in [0.05, 0.1) is 5.56 Å². The summed E-state index contributed by atoms with van der Waals surface area (Å²) in [5, 5.41) is 2.84. The maximum absolute atomic E-state index is 11.8. The highest BCUT2D eigenvalue weighted by Gasteiger charge is 2.09. The molecule has 0 atom stereocenters. The van der Waals surface area contributed by atoms with E-state index in [-0.39, 0.29) is 5.91 Å². The maximum Gasteiger partial charge on any atom is 0.252 e. The Hall–Kier alpha value is -0.540. The first-order chi connectivity index (χ1) is 7.65. The van der Waals surface area contributed by atoms with Crippen LogP contribution >= 0.6 is 38.5 Å². The van der Waals surface area contributed by atoms with Crippen molar-refractivity contribution in [3.05, 3.63) is 31.8 Å². The van der Waals surface area contributed by atoms with E-state index in [1.54, 1.807) is 0 Å².